The minimum Gasteiger partial charge on any atom is -0.379 e. The quantitative estimate of drug-likeness (QED) is 0.882. The van der Waals surface area contributed by atoms with E-state index in [-0.39, 0.29) is 5.82 Å². The molecule has 84 valence electrons. The molecule has 0 aliphatic carbocycles. The van der Waals surface area contributed by atoms with E-state index in [2.05, 4.69) is 10.3 Å². The number of rotatable bonds is 3. The molecule has 2 rings (SSSR count). The van der Waals surface area contributed by atoms with E-state index in [1.54, 1.807) is 30.4 Å². The van der Waals surface area contributed by atoms with Crippen LogP contribution in [0.3, 0.4) is 0 Å². The summed E-state index contributed by atoms with van der Waals surface area (Å²) < 4.78 is 13.0. The number of hydrogen-bond acceptors (Lipinski definition) is 3. The van der Waals surface area contributed by atoms with Crippen molar-refractivity contribution in [3.63, 3.8) is 0 Å². The van der Waals surface area contributed by atoms with Gasteiger partial charge in [0.05, 0.1) is 6.54 Å². The van der Waals surface area contributed by atoms with Gasteiger partial charge in [-0.3, -0.25) is 0 Å². The molecule has 0 aliphatic rings. The van der Waals surface area contributed by atoms with Gasteiger partial charge in [-0.2, -0.15) is 0 Å². The van der Waals surface area contributed by atoms with Crippen molar-refractivity contribution in [3.05, 3.63) is 45.7 Å². The molecule has 0 bridgehead atoms. The van der Waals surface area contributed by atoms with Crippen LogP contribution in [-0.2, 0) is 6.54 Å². The van der Waals surface area contributed by atoms with E-state index in [0.29, 0.717) is 12.1 Å². The second-order valence-corrected chi connectivity index (χ2v) is 4.64. The molecule has 0 fully saturated rings. The zero-order chi connectivity index (χ0) is 11.5. The molecular weight excluding hydrogens is 223 g/mol. The minimum absolute atomic E-state index is 0.171. The van der Waals surface area contributed by atoms with E-state index in [4.69, 9.17) is 0 Å². The number of benzene rings is 1. The highest BCUT2D eigenvalue weighted by molar-refractivity contribution is 7.09. The Bertz CT molecular complexity index is 494. The van der Waals surface area contributed by atoms with E-state index in [1.807, 2.05) is 12.3 Å². The maximum atomic E-state index is 13.0. The number of aryl methyl sites for hydroxylation is 2. The van der Waals surface area contributed by atoms with Crippen LogP contribution in [0.5, 0.6) is 0 Å². The third-order valence-corrected chi connectivity index (χ3v) is 3.23. The summed E-state index contributed by atoms with van der Waals surface area (Å²) in [5, 5.41) is 6.29. The van der Waals surface area contributed by atoms with Crippen LogP contribution in [0.25, 0.3) is 0 Å². The van der Waals surface area contributed by atoms with Gasteiger partial charge in [0.1, 0.15) is 10.8 Å². The summed E-state index contributed by atoms with van der Waals surface area (Å²) in [6.45, 7) is 4.42. The van der Waals surface area contributed by atoms with Gasteiger partial charge < -0.3 is 5.32 Å². The topological polar surface area (TPSA) is 24.9 Å². The van der Waals surface area contributed by atoms with Gasteiger partial charge in [-0.1, -0.05) is 0 Å². The third-order valence-electron chi connectivity index (χ3n) is 2.27. The first-order valence-corrected chi connectivity index (χ1v) is 5.94. The Morgan fingerprint density at radius 2 is 2.19 bits per heavy atom. The van der Waals surface area contributed by atoms with Crippen LogP contribution in [0.1, 0.15) is 16.3 Å². The first-order valence-electron chi connectivity index (χ1n) is 5.06. The molecule has 1 N–H and O–H groups in total. The number of thiazole rings is 1. The Kier molecular flexibility index (Phi) is 3.19. The van der Waals surface area contributed by atoms with Crippen LogP contribution in [-0.4, -0.2) is 4.98 Å². The zero-order valence-corrected chi connectivity index (χ0v) is 10.1. The highest BCUT2D eigenvalue weighted by Crippen LogP contribution is 2.16. The van der Waals surface area contributed by atoms with Crippen molar-refractivity contribution in [2.45, 2.75) is 20.4 Å². The fourth-order valence-corrected chi connectivity index (χ4v) is 2.13. The Hall–Kier alpha value is -1.42. The summed E-state index contributed by atoms with van der Waals surface area (Å²) >= 11 is 1.63. The lowest BCUT2D eigenvalue weighted by Crippen LogP contribution is -1.99. The first kappa shape index (κ1) is 11.1. The zero-order valence-electron chi connectivity index (χ0n) is 9.25. The standard InChI is InChI=1S/C12H13FN2S/c1-8-5-10(3-4-11(8)13)14-6-12-15-9(2)7-16-12/h3-5,7,14H,6H2,1-2H3. The van der Waals surface area contributed by atoms with E-state index >= 15 is 0 Å². The predicted octanol–water partition coefficient (Wildman–Crippen LogP) is 3.51. The van der Waals surface area contributed by atoms with Gasteiger partial charge in [0, 0.05) is 16.8 Å². The third kappa shape index (κ3) is 2.58. The Morgan fingerprint density at radius 1 is 1.38 bits per heavy atom. The van der Waals surface area contributed by atoms with E-state index < -0.39 is 0 Å². The van der Waals surface area contributed by atoms with Crippen LogP contribution >= 0.6 is 11.3 Å². The van der Waals surface area contributed by atoms with Crippen LogP contribution < -0.4 is 5.32 Å². The molecular formula is C12H13FN2S. The molecule has 0 unspecified atom stereocenters. The molecule has 0 spiro atoms. The van der Waals surface area contributed by atoms with Gasteiger partial charge in [0.15, 0.2) is 0 Å². The number of aromatic nitrogens is 1. The SMILES string of the molecule is Cc1csc(CNc2ccc(F)c(C)c2)n1. The van der Waals surface area contributed by atoms with Crippen LogP contribution in [0, 0.1) is 19.7 Å². The van der Waals surface area contributed by atoms with E-state index in [1.165, 1.54) is 6.07 Å². The van der Waals surface area contributed by atoms with Crippen molar-refractivity contribution >= 4 is 17.0 Å². The molecule has 4 heteroatoms. The van der Waals surface area contributed by atoms with Gasteiger partial charge in [0.25, 0.3) is 0 Å². The smallest absolute Gasteiger partial charge is 0.126 e. The number of halogens is 1. The Balaban J connectivity index is 2.02. The maximum Gasteiger partial charge on any atom is 0.126 e. The number of anilines is 1. The van der Waals surface area contributed by atoms with Gasteiger partial charge >= 0.3 is 0 Å². The molecule has 16 heavy (non-hydrogen) atoms. The lowest BCUT2D eigenvalue weighted by molar-refractivity contribution is 0.618. The molecule has 0 aliphatic heterocycles. The molecule has 2 aromatic rings. The maximum absolute atomic E-state index is 13.0. The highest BCUT2D eigenvalue weighted by atomic mass is 32.1. The summed E-state index contributed by atoms with van der Waals surface area (Å²) in [6.07, 6.45) is 0. The van der Waals surface area contributed by atoms with Crippen molar-refractivity contribution in [1.82, 2.24) is 4.98 Å². The molecule has 0 saturated heterocycles. The lowest BCUT2D eigenvalue weighted by atomic mass is 10.2. The van der Waals surface area contributed by atoms with Crippen molar-refractivity contribution in [2.75, 3.05) is 5.32 Å². The fourth-order valence-electron chi connectivity index (χ4n) is 1.42. The lowest BCUT2D eigenvalue weighted by Gasteiger charge is -2.05. The molecule has 1 aromatic heterocycles. The Morgan fingerprint density at radius 3 is 2.81 bits per heavy atom. The van der Waals surface area contributed by atoms with Crippen LogP contribution in [0.2, 0.25) is 0 Å². The average molecular weight is 236 g/mol. The van der Waals surface area contributed by atoms with Crippen molar-refractivity contribution in [2.24, 2.45) is 0 Å². The largest absolute Gasteiger partial charge is 0.379 e. The molecule has 0 amide bonds. The average Bonchev–Trinajstić information content (AvgIpc) is 2.66. The molecule has 0 radical (unpaired) electrons. The van der Waals surface area contributed by atoms with Crippen LogP contribution in [0.15, 0.2) is 23.6 Å². The summed E-state index contributed by atoms with van der Waals surface area (Å²) in [4.78, 5) is 4.35. The fraction of sp³-hybridized carbons (Fsp3) is 0.250. The van der Waals surface area contributed by atoms with Gasteiger partial charge in [-0.15, -0.1) is 11.3 Å². The molecule has 2 nitrogen and oxygen atoms in total. The van der Waals surface area contributed by atoms with E-state index in [0.717, 1.165) is 16.4 Å². The summed E-state index contributed by atoms with van der Waals surface area (Å²) in [7, 11) is 0. The van der Waals surface area contributed by atoms with Crippen molar-refractivity contribution < 1.29 is 4.39 Å². The monoisotopic (exact) mass is 236 g/mol. The van der Waals surface area contributed by atoms with Gasteiger partial charge in [-0.25, -0.2) is 9.37 Å². The number of hydrogen-bond donors (Lipinski definition) is 1. The molecule has 0 atom stereocenters. The van der Waals surface area contributed by atoms with Gasteiger partial charge in [0.2, 0.25) is 0 Å². The van der Waals surface area contributed by atoms with Crippen molar-refractivity contribution in [3.8, 4) is 0 Å². The molecule has 1 aromatic carbocycles. The molecule has 1 heterocycles. The van der Waals surface area contributed by atoms with Crippen LogP contribution in [0.4, 0.5) is 10.1 Å². The number of nitrogens with one attached hydrogen (secondary N) is 1. The normalized spacial score (nSPS) is 10.4. The van der Waals surface area contributed by atoms with Gasteiger partial charge in [-0.05, 0) is 37.6 Å². The van der Waals surface area contributed by atoms with E-state index in [9.17, 15) is 4.39 Å². The molecule has 0 saturated carbocycles. The predicted molar refractivity (Wildman–Crippen MR) is 65.3 cm³/mol. The summed E-state index contributed by atoms with van der Waals surface area (Å²) in [5.41, 5.74) is 2.61. The first-order chi connectivity index (χ1) is 7.65. The summed E-state index contributed by atoms with van der Waals surface area (Å²) in [6, 6.07) is 5.02. The minimum atomic E-state index is -0.171. The summed E-state index contributed by atoms with van der Waals surface area (Å²) in [5.74, 6) is -0.171. The second kappa shape index (κ2) is 4.61. The Labute approximate surface area is 98.2 Å². The second-order valence-electron chi connectivity index (χ2n) is 3.70. The number of nitrogens with zero attached hydrogens (tertiary/aromatic N) is 1. The van der Waals surface area contributed by atoms with Crippen molar-refractivity contribution in [1.29, 1.82) is 0 Å². The highest BCUT2D eigenvalue weighted by Gasteiger charge is 2.01.